The van der Waals surface area contributed by atoms with E-state index in [-0.39, 0.29) is 6.54 Å². The van der Waals surface area contributed by atoms with Crippen molar-refractivity contribution in [3.8, 4) is 0 Å². The quantitative estimate of drug-likeness (QED) is 0.786. The van der Waals surface area contributed by atoms with Gasteiger partial charge in [-0.25, -0.2) is 8.42 Å². The molecule has 0 unspecified atom stereocenters. The Morgan fingerprint density at radius 3 is 2.86 bits per heavy atom. The first kappa shape index (κ1) is 16.7. The van der Waals surface area contributed by atoms with Crippen LogP contribution in [-0.4, -0.2) is 26.3 Å². The molecular weight excluding hydrogens is 376 g/mol. The van der Waals surface area contributed by atoms with Crippen LogP contribution in [0.25, 0.3) is 0 Å². The maximum absolute atomic E-state index is 12.6. The Morgan fingerprint density at radius 1 is 1.48 bits per heavy atom. The first-order valence-electron chi connectivity index (χ1n) is 6.41. The highest BCUT2D eigenvalue weighted by Crippen LogP contribution is 2.33. The van der Waals surface area contributed by atoms with Gasteiger partial charge in [-0.1, -0.05) is 6.92 Å². The van der Waals surface area contributed by atoms with Gasteiger partial charge in [-0.05, 0) is 34.6 Å². The van der Waals surface area contributed by atoms with Crippen LogP contribution in [0.2, 0.25) is 0 Å². The molecule has 0 aliphatic heterocycles. The molecule has 0 aliphatic rings. The fourth-order valence-electron chi connectivity index (χ4n) is 1.80. The molecule has 116 valence electrons. The highest BCUT2D eigenvalue weighted by molar-refractivity contribution is 9.11. The molecule has 0 atom stereocenters. The van der Waals surface area contributed by atoms with E-state index in [1.807, 2.05) is 6.92 Å². The summed E-state index contributed by atoms with van der Waals surface area (Å²) < 4.78 is 32.2. The number of hydrogen-bond acceptors (Lipinski definition) is 5. The Balaban J connectivity index is 2.20. The van der Waals surface area contributed by atoms with Crippen molar-refractivity contribution in [2.24, 2.45) is 0 Å². The minimum atomic E-state index is -3.52. The van der Waals surface area contributed by atoms with Gasteiger partial charge in [0.2, 0.25) is 10.0 Å². The molecule has 5 nitrogen and oxygen atoms in total. The lowest BCUT2D eigenvalue weighted by Crippen LogP contribution is -2.26. The molecule has 0 saturated heterocycles. The molecule has 2 heterocycles. The highest BCUT2D eigenvalue weighted by Gasteiger charge is 2.26. The van der Waals surface area contributed by atoms with Crippen LogP contribution in [0.1, 0.15) is 17.4 Å². The number of sulfonamides is 1. The lowest BCUT2D eigenvalue weighted by molar-refractivity contribution is 0.463. The lowest BCUT2D eigenvalue weighted by atomic mass is 10.3. The smallest absolute Gasteiger partial charge is 0.245 e. The van der Waals surface area contributed by atoms with Gasteiger partial charge in [-0.3, -0.25) is 0 Å². The molecule has 0 radical (unpaired) electrons. The van der Waals surface area contributed by atoms with Crippen LogP contribution >= 0.6 is 27.3 Å². The second kappa shape index (κ2) is 7.06. The molecule has 0 bridgehead atoms. The topological polar surface area (TPSA) is 62.6 Å². The van der Waals surface area contributed by atoms with Crippen molar-refractivity contribution < 1.29 is 12.8 Å². The summed E-state index contributed by atoms with van der Waals surface area (Å²) in [5.74, 6) is 0. The first-order chi connectivity index (χ1) is 9.95. The Hall–Kier alpha value is -0.670. The van der Waals surface area contributed by atoms with Crippen LogP contribution < -0.4 is 5.32 Å². The molecule has 2 rings (SSSR count). The number of thiophene rings is 1. The summed E-state index contributed by atoms with van der Waals surface area (Å²) in [6, 6.07) is 3.48. The Morgan fingerprint density at radius 2 is 2.24 bits per heavy atom. The zero-order valence-electron chi connectivity index (χ0n) is 11.8. The predicted molar refractivity (Wildman–Crippen MR) is 86.8 cm³/mol. The number of hydrogen-bond donors (Lipinski definition) is 1. The molecule has 0 aliphatic carbocycles. The van der Waals surface area contributed by atoms with Gasteiger partial charge in [0.15, 0.2) is 0 Å². The molecule has 0 amide bonds. The third-order valence-corrected chi connectivity index (χ3v) is 6.98. The molecule has 2 aromatic heterocycles. The van der Waals surface area contributed by atoms with E-state index in [9.17, 15) is 8.42 Å². The highest BCUT2D eigenvalue weighted by atomic mass is 79.9. The fraction of sp³-hybridized carbons (Fsp3) is 0.385. The predicted octanol–water partition coefficient (Wildman–Crippen LogP) is 3.03. The van der Waals surface area contributed by atoms with Gasteiger partial charge in [0.05, 0.1) is 16.3 Å². The third-order valence-electron chi connectivity index (χ3n) is 2.93. The van der Waals surface area contributed by atoms with Gasteiger partial charge >= 0.3 is 0 Å². The molecule has 0 fully saturated rings. The van der Waals surface area contributed by atoms with E-state index in [0.717, 1.165) is 17.0 Å². The van der Waals surface area contributed by atoms with Crippen molar-refractivity contribution >= 4 is 37.3 Å². The van der Waals surface area contributed by atoms with Crippen molar-refractivity contribution in [2.45, 2.75) is 24.9 Å². The van der Waals surface area contributed by atoms with Crippen molar-refractivity contribution in [3.05, 3.63) is 38.9 Å². The summed E-state index contributed by atoms with van der Waals surface area (Å²) in [5.41, 5.74) is 0.820. The van der Waals surface area contributed by atoms with Crippen LogP contribution in [0, 0.1) is 0 Å². The van der Waals surface area contributed by atoms with E-state index in [4.69, 9.17) is 4.42 Å². The Kier molecular flexibility index (Phi) is 5.61. The zero-order valence-corrected chi connectivity index (χ0v) is 15.0. The summed E-state index contributed by atoms with van der Waals surface area (Å²) in [7, 11) is -1.96. The summed E-state index contributed by atoms with van der Waals surface area (Å²) in [4.78, 5) is 1.30. The van der Waals surface area contributed by atoms with Gasteiger partial charge in [-0.15, -0.1) is 11.3 Å². The third kappa shape index (κ3) is 3.95. The number of nitrogens with zero attached hydrogens (tertiary/aromatic N) is 1. The molecule has 0 aromatic carbocycles. The number of halogens is 1. The molecule has 2 aromatic rings. The molecule has 8 heteroatoms. The van der Waals surface area contributed by atoms with Gasteiger partial charge in [-0.2, -0.15) is 4.31 Å². The van der Waals surface area contributed by atoms with Crippen molar-refractivity contribution in [1.29, 1.82) is 0 Å². The lowest BCUT2D eigenvalue weighted by Gasteiger charge is -2.15. The van der Waals surface area contributed by atoms with Crippen LogP contribution in [0.4, 0.5) is 0 Å². The SMILES string of the molecule is CCNCc1cc(S(=O)(=O)N(C)Cc2ccoc2)c(Br)s1. The standard InChI is InChI=1S/C13H17BrN2O3S2/c1-3-15-7-11-6-12(13(14)20-11)21(17,18)16(2)8-10-4-5-19-9-10/h4-6,9,15H,3,7-8H2,1-2H3. The molecule has 0 saturated carbocycles. The minimum absolute atomic E-state index is 0.281. The average molecular weight is 393 g/mol. The second-order valence-corrected chi connectivity index (χ2v) is 8.99. The van der Waals surface area contributed by atoms with E-state index >= 15 is 0 Å². The summed E-state index contributed by atoms with van der Waals surface area (Å²) >= 11 is 4.79. The molecule has 0 spiro atoms. The molecular formula is C13H17BrN2O3S2. The van der Waals surface area contributed by atoms with Crippen LogP contribution in [0.15, 0.2) is 37.8 Å². The van der Waals surface area contributed by atoms with E-state index in [1.165, 1.54) is 21.9 Å². The van der Waals surface area contributed by atoms with E-state index in [1.54, 1.807) is 25.4 Å². The molecule has 21 heavy (non-hydrogen) atoms. The van der Waals surface area contributed by atoms with Crippen molar-refractivity contribution in [3.63, 3.8) is 0 Å². The van der Waals surface area contributed by atoms with E-state index in [0.29, 0.717) is 15.2 Å². The maximum atomic E-state index is 12.6. The van der Waals surface area contributed by atoms with Crippen LogP contribution in [-0.2, 0) is 23.1 Å². The fourth-order valence-corrected chi connectivity index (χ4v) is 5.56. The summed E-state index contributed by atoms with van der Waals surface area (Å²) in [5, 5.41) is 3.19. The largest absolute Gasteiger partial charge is 0.472 e. The maximum Gasteiger partial charge on any atom is 0.245 e. The van der Waals surface area contributed by atoms with Crippen molar-refractivity contribution in [2.75, 3.05) is 13.6 Å². The summed E-state index contributed by atoms with van der Waals surface area (Å²) in [6.07, 6.45) is 3.08. The first-order valence-corrected chi connectivity index (χ1v) is 9.46. The Labute approximate surface area is 137 Å². The van der Waals surface area contributed by atoms with Gasteiger partial charge < -0.3 is 9.73 Å². The van der Waals surface area contributed by atoms with E-state index < -0.39 is 10.0 Å². The number of nitrogens with one attached hydrogen (secondary N) is 1. The van der Waals surface area contributed by atoms with Crippen LogP contribution in [0.3, 0.4) is 0 Å². The zero-order chi connectivity index (χ0) is 15.5. The normalized spacial score (nSPS) is 12.2. The number of furan rings is 1. The monoisotopic (exact) mass is 392 g/mol. The average Bonchev–Trinajstić information content (AvgIpc) is 3.06. The van der Waals surface area contributed by atoms with Gasteiger partial charge in [0.25, 0.3) is 0 Å². The van der Waals surface area contributed by atoms with Crippen LogP contribution in [0.5, 0.6) is 0 Å². The van der Waals surface area contributed by atoms with Gasteiger partial charge in [0.1, 0.15) is 4.90 Å². The second-order valence-electron chi connectivity index (χ2n) is 4.52. The van der Waals surface area contributed by atoms with Gasteiger partial charge in [0, 0.05) is 30.6 Å². The number of rotatable bonds is 7. The Bertz CT molecular complexity index is 680. The summed E-state index contributed by atoms with van der Waals surface area (Å²) in [6.45, 7) is 3.81. The van der Waals surface area contributed by atoms with E-state index in [2.05, 4.69) is 21.2 Å². The van der Waals surface area contributed by atoms with Crippen molar-refractivity contribution in [1.82, 2.24) is 9.62 Å². The molecule has 1 N–H and O–H groups in total. The minimum Gasteiger partial charge on any atom is -0.472 e.